The fourth-order valence-corrected chi connectivity index (χ4v) is 3.70. The number of nitrogens with two attached hydrogens (primary N) is 1. The molecule has 0 saturated heterocycles. The Hall–Kier alpha value is -2.25. The molecule has 0 spiro atoms. The Bertz CT molecular complexity index is 740. The summed E-state index contributed by atoms with van der Waals surface area (Å²) in [5, 5.41) is 0.448. The van der Waals surface area contributed by atoms with Gasteiger partial charge in [-0.05, 0) is 31.8 Å². The molecule has 0 saturated carbocycles. The smallest absolute Gasteiger partial charge is 0.341 e. The molecule has 2 N–H and O–H groups in total. The predicted octanol–water partition coefficient (Wildman–Crippen LogP) is 2.86. The number of carbonyl (C=O) groups is 1. The van der Waals surface area contributed by atoms with Gasteiger partial charge in [0, 0.05) is 17.0 Å². The predicted molar refractivity (Wildman–Crippen MR) is 96.0 cm³/mol. The van der Waals surface area contributed by atoms with E-state index in [2.05, 4.69) is 0 Å². The van der Waals surface area contributed by atoms with Gasteiger partial charge in [0.15, 0.2) is 11.5 Å². The van der Waals surface area contributed by atoms with Crippen molar-refractivity contribution in [2.45, 2.75) is 6.54 Å². The van der Waals surface area contributed by atoms with Gasteiger partial charge in [-0.25, -0.2) is 4.79 Å². The molecule has 1 aromatic heterocycles. The van der Waals surface area contributed by atoms with Crippen molar-refractivity contribution < 1.29 is 19.0 Å². The summed E-state index contributed by atoms with van der Waals surface area (Å²) in [5.41, 5.74) is 8.10. The normalized spacial score (nSPS) is 10.8. The summed E-state index contributed by atoms with van der Waals surface area (Å²) < 4.78 is 15.6. The summed E-state index contributed by atoms with van der Waals surface area (Å²) in [5.74, 6) is 0.767. The van der Waals surface area contributed by atoms with Crippen molar-refractivity contribution in [1.29, 1.82) is 0 Å². The number of nitrogens with zero attached hydrogens (tertiary/aromatic N) is 1. The SMILES string of the molecule is COC(=O)c1c(N)sc(CN(C)C)c1-c1ccc(OC)c(OC)c1. The molecule has 1 heterocycles. The van der Waals surface area contributed by atoms with Crippen LogP contribution in [0.2, 0.25) is 0 Å². The van der Waals surface area contributed by atoms with Crippen LogP contribution in [0.25, 0.3) is 11.1 Å². The summed E-state index contributed by atoms with van der Waals surface area (Å²) in [6.45, 7) is 0.662. The molecule has 24 heavy (non-hydrogen) atoms. The van der Waals surface area contributed by atoms with Crippen LogP contribution >= 0.6 is 11.3 Å². The molecule has 0 bridgehead atoms. The molecule has 130 valence electrons. The first-order chi connectivity index (χ1) is 11.4. The van der Waals surface area contributed by atoms with E-state index in [0.29, 0.717) is 28.6 Å². The lowest BCUT2D eigenvalue weighted by molar-refractivity contribution is 0.0603. The zero-order chi connectivity index (χ0) is 17.9. The van der Waals surface area contributed by atoms with E-state index >= 15 is 0 Å². The van der Waals surface area contributed by atoms with E-state index in [9.17, 15) is 4.79 Å². The van der Waals surface area contributed by atoms with Crippen molar-refractivity contribution >= 4 is 22.3 Å². The fourth-order valence-electron chi connectivity index (χ4n) is 2.50. The van der Waals surface area contributed by atoms with E-state index in [1.165, 1.54) is 18.4 Å². The zero-order valence-corrected chi connectivity index (χ0v) is 15.3. The Kier molecular flexibility index (Phi) is 5.69. The number of hydrogen-bond donors (Lipinski definition) is 1. The van der Waals surface area contributed by atoms with Crippen LogP contribution in [0, 0.1) is 0 Å². The molecule has 0 aliphatic carbocycles. The van der Waals surface area contributed by atoms with Crippen LogP contribution in [0.5, 0.6) is 11.5 Å². The molecule has 0 fully saturated rings. The lowest BCUT2D eigenvalue weighted by atomic mass is 10.00. The molecule has 0 radical (unpaired) electrons. The first kappa shape index (κ1) is 18.1. The van der Waals surface area contributed by atoms with Gasteiger partial charge < -0.3 is 24.8 Å². The number of esters is 1. The van der Waals surface area contributed by atoms with Crippen LogP contribution in [0.1, 0.15) is 15.2 Å². The topological polar surface area (TPSA) is 74.0 Å². The van der Waals surface area contributed by atoms with E-state index in [-0.39, 0.29) is 0 Å². The lowest BCUT2D eigenvalue weighted by Crippen LogP contribution is -2.11. The third-order valence-corrected chi connectivity index (χ3v) is 4.53. The van der Waals surface area contributed by atoms with Gasteiger partial charge in [0.05, 0.1) is 21.3 Å². The van der Waals surface area contributed by atoms with E-state index in [1.54, 1.807) is 14.2 Å². The molecule has 0 atom stereocenters. The second-order valence-electron chi connectivity index (χ2n) is 5.44. The maximum absolute atomic E-state index is 12.2. The van der Waals surface area contributed by atoms with Crippen molar-refractivity contribution in [2.24, 2.45) is 0 Å². The molecule has 7 heteroatoms. The second-order valence-corrected chi connectivity index (χ2v) is 6.58. The molecule has 6 nitrogen and oxygen atoms in total. The van der Waals surface area contributed by atoms with Gasteiger partial charge in [0.1, 0.15) is 10.6 Å². The molecule has 0 unspecified atom stereocenters. The maximum atomic E-state index is 12.2. The van der Waals surface area contributed by atoms with Crippen molar-refractivity contribution in [3.8, 4) is 22.6 Å². The molecular weight excluding hydrogens is 328 g/mol. The number of rotatable bonds is 6. The van der Waals surface area contributed by atoms with Crippen LogP contribution in [0.4, 0.5) is 5.00 Å². The van der Waals surface area contributed by atoms with E-state index in [4.69, 9.17) is 19.9 Å². The fraction of sp³-hybridized carbons (Fsp3) is 0.353. The van der Waals surface area contributed by atoms with Gasteiger partial charge in [0.25, 0.3) is 0 Å². The van der Waals surface area contributed by atoms with E-state index in [0.717, 1.165) is 16.0 Å². The third kappa shape index (κ3) is 3.47. The zero-order valence-electron chi connectivity index (χ0n) is 14.5. The number of nitrogen functional groups attached to an aromatic ring is 1. The van der Waals surface area contributed by atoms with Gasteiger partial charge in [-0.2, -0.15) is 0 Å². The molecule has 0 aliphatic rings. The van der Waals surface area contributed by atoms with Gasteiger partial charge in [-0.1, -0.05) is 6.07 Å². The highest BCUT2D eigenvalue weighted by molar-refractivity contribution is 7.17. The summed E-state index contributed by atoms with van der Waals surface area (Å²) in [4.78, 5) is 15.3. The molecule has 2 aromatic rings. The minimum Gasteiger partial charge on any atom is -0.493 e. The molecule has 0 aliphatic heterocycles. The molecule has 1 aromatic carbocycles. The van der Waals surface area contributed by atoms with Crippen molar-refractivity contribution in [3.05, 3.63) is 28.6 Å². The standard InChI is InChI=1S/C17H22N2O4S/c1-19(2)9-13-14(15(16(18)24-13)17(20)23-5)10-6-7-11(21-3)12(8-10)22-4/h6-8H,9,18H2,1-5H3. The lowest BCUT2D eigenvalue weighted by Gasteiger charge is -2.13. The Morgan fingerprint density at radius 2 is 1.83 bits per heavy atom. The first-order valence-corrected chi connectivity index (χ1v) is 8.11. The number of ether oxygens (including phenoxy) is 3. The quantitative estimate of drug-likeness (QED) is 0.808. The minimum atomic E-state index is -0.446. The van der Waals surface area contributed by atoms with Crippen LogP contribution in [-0.2, 0) is 11.3 Å². The van der Waals surface area contributed by atoms with Crippen molar-refractivity contribution in [3.63, 3.8) is 0 Å². The molecule has 2 rings (SSSR count). The van der Waals surface area contributed by atoms with Gasteiger partial charge in [0.2, 0.25) is 0 Å². The van der Waals surface area contributed by atoms with Crippen molar-refractivity contribution in [2.75, 3.05) is 41.2 Å². The highest BCUT2D eigenvalue weighted by atomic mass is 32.1. The number of carbonyl (C=O) groups excluding carboxylic acids is 1. The number of methoxy groups -OCH3 is 3. The van der Waals surface area contributed by atoms with Crippen LogP contribution in [0.15, 0.2) is 18.2 Å². The monoisotopic (exact) mass is 350 g/mol. The Morgan fingerprint density at radius 1 is 1.17 bits per heavy atom. The summed E-state index contributed by atoms with van der Waals surface area (Å²) in [6, 6.07) is 5.53. The average molecular weight is 350 g/mol. The van der Waals surface area contributed by atoms with Crippen LogP contribution in [0.3, 0.4) is 0 Å². The summed E-state index contributed by atoms with van der Waals surface area (Å²) in [7, 11) is 8.44. The third-order valence-electron chi connectivity index (χ3n) is 3.53. The summed E-state index contributed by atoms with van der Waals surface area (Å²) >= 11 is 1.39. The summed E-state index contributed by atoms with van der Waals surface area (Å²) in [6.07, 6.45) is 0. The number of thiophene rings is 1. The average Bonchev–Trinajstić information content (AvgIpc) is 2.88. The van der Waals surface area contributed by atoms with E-state index < -0.39 is 5.97 Å². The highest BCUT2D eigenvalue weighted by Crippen LogP contribution is 2.42. The molecule has 0 amide bonds. The van der Waals surface area contributed by atoms with Crippen LogP contribution < -0.4 is 15.2 Å². The minimum absolute atomic E-state index is 0.395. The van der Waals surface area contributed by atoms with Gasteiger partial charge in [-0.15, -0.1) is 11.3 Å². The van der Waals surface area contributed by atoms with Gasteiger partial charge in [-0.3, -0.25) is 0 Å². The second kappa shape index (κ2) is 7.55. The Labute approximate surface area is 145 Å². The molecular formula is C17H22N2O4S. The maximum Gasteiger partial charge on any atom is 0.341 e. The number of anilines is 1. The Morgan fingerprint density at radius 3 is 2.38 bits per heavy atom. The largest absolute Gasteiger partial charge is 0.493 e. The number of hydrogen-bond acceptors (Lipinski definition) is 7. The number of benzene rings is 1. The Balaban J connectivity index is 2.68. The first-order valence-electron chi connectivity index (χ1n) is 7.29. The van der Waals surface area contributed by atoms with Gasteiger partial charge >= 0.3 is 5.97 Å². The van der Waals surface area contributed by atoms with Crippen molar-refractivity contribution in [1.82, 2.24) is 4.90 Å². The highest BCUT2D eigenvalue weighted by Gasteiger charge is 2.25. The van der Waals surface area contributed by atoms with Crippen LogP contribution in [-0.4, -0.2) is 46.3 Å². The van der Waals surface area contributed by atoms with E-state index in [1.807, 2.05) is 37.2 Å².